The molecule has 1 aromatic heterocycles. The first-order valence-electron chi connectivity index (χ1n) is 6.80. The molecular formula is C16H19N3O2. The van der Waals surface area contributed by atoms with Crippen LogP contribution in [0.25, 0.3) is 0 Å². The average molecular weight is 285 g/mol. The molecule has 0 saturated heterocycles. The molecule has 110 valence electrons. The van der Waals surface area contributed by atoms with Gasteiger partial charge in [0.05, 0.1) is 5.56 Å². The van der Waals surface area contributed by atoms with Crippen molar-refractivity contribution in [1.29, 1.82) is 0 Å². The summed E-state index contributed by atoms with van der Waals surface area (Å²) in [4.78, 5) is 20.4. The Hall–Kier alpha value is -2.43. The number of carbonyl (C=O) groups is 1. The van der Waals surface area contributed by atoms with Crippen molar-refractivity contribution in [3.05, 3.63) is 41.3 Å². The first kappa shape index (κ1) is 15.0. The Morgan fingerprint density at radius 3 is 2.57 bits per heavy atom. The first-order chi connectivity index (χ1) is 9.86. The number of aryl methyl sites for hydroxylation is 1. The summed E-state index contributed by atoms with van der Waals surface area (Å²) in [7, 11) is 0. The van der Waals surface area contributed by atoms with Gasteiger partial charge in [0.15, 0.2) is 5.78 Å². The van der Waals surface area contributed by atoms with E-state index in [0.29, 0.717) is 28.7 Å². The monoisotopic (exact) mass is 285 g/mol. The molecule has 5 heteroatoms. The summed E-state index contributed by atoms with van der Waals surface area (Å²) in [6.45, 7) is 7.40. The highest BCUT2D eigenvalue weighted by molar-refractivity contribution is 5.97. The number of nitrogens with zero attached hydrogens (tertiary/aromatic N) is 2. The Morgan fingerprint density at radius 1 is 1.24 bits per heavy atom. The van der Waals surface area contributed by atoms with Gasteiger partial charge in [0, 0.05) is 23.4 Å². The normalized spacial score (nSPS) is 10.7. The van der Waals surface area contributed by atoms with E-state index in [1.165, 1.54) is 6.92 Å². The zero-order valence-electron chi connectivity index (χ0n) is 12.7. The zero-order chi connectivity index (χ0) is 15.6. The van der Waals surface area contributed by atoms with Crippen LogP contribution in [0.5, 0.6) is 11.6 Å². The Balaban J connectivity index is 2.41. The van der Waals surface area contributed by atoms with Crippen LogP contribution >= 0.6 is 0 Å². The maximum Gasteiger partial charge on any atom is 0.222 e. The molecule has 0 saturated carbocycles. The van der Waals surface area contributed by atoms with Crippen LogP contribution in [0.4, 0.5) is 5.69 Å². The van der Waals surface area contributed by atoms with E-state index in [4.69, 9.17) is 10.5 Å². The number of nitrogen functional groups attached to an aromatic ring is 1. The summed E-state index contributed by atoms with van der Waals surface area (Å²) in [5.41, 5.74) is 7.50. The highest BCUT2D eigenvalue weighted by Gasteiger charge is 2.12. The summed E-state index contributed by atoms with van der Waals surface area (Å²) in [6.07, 6.45) is 0. The van der Waals surface area contributed by atoms with E-state index in [9.17, 15) is 4.79 Å². The van der Waals surface area contributed by atoms with Crippen molar-refractivity contribution >= 4 is 11.5 Å². The predicted octanol–water partition coefficient (Wildman–Crippen LogP) is 3.49. The summed E-state index contributed by atoms with van der Waals surface area (Å²) in [5.74, 6) is 1.69. The van der Waals surface area contributed by atoms with Crippen molar-refractivity contribution in [3.63, 3.8) is 0 Å². The summed E-state index contributed by atoms with van der Waals surface area (Å²) in [6, 6.07) is 6.72. The SMILES string of the molecule is CC(=O)c1cc(N)ccc1Oc1cc(C)nc(C(C)C)n1. The molecule has 21 heavy (non-hydrogen) atoms. The number of hydrogen-bond donors (Lipinski definition) is 1. The Kier molecular flexibility index (Phi) is 4.21. The van der Waals surface area contributed by atoms with Gasteiger partial charge >= 0.3 is 0 Å². The van der Waals surface area contributed by atoms with Gasteiger partial charge in [-0.2, -0.15) is 4.98 Å². The number of hydrogen-bond acceptors (Lipinski definition) is 5. The largest absolute Gasteiger partial charge is 0.438 e. The van der Waals surface area contributed by atoms with Gasteiger partial charge in [-0.1, -0.05) is 13.8 Å². The lowest BCUT2D eigenvalue weighted by Gasteiger charge is -2.12. The number of ketones is 1. The second kappa shape index (κ2) is 5.91. The molecular weight excluding hydrogens is 266 g/mol. The quantitative estimate of drug-likeness (QED) is 0.687. The van der Waals surface area contributed by atoms with Crippen LogP contribution < -0.4 is 10.5 Å². The number of ether oxygens (including phenoxy) is 1. The lowest BCUT2D eigenvalue weighted by molar-refractivity contribution is 0.101. The standard InChI is InChI=1S/C16H19N3O2/c1-9(2)16-18-10(3)7-15(19-16)21-14-6-5-12(17)8-13(14)11(4)20/h5-9H,17H2,1-4H3. The van der Waals surface area contributed by atoms with Crippen LogP contribution in [0.1, 0.15) is 48.6 Å². The number of aromatic nitrogens is 2. The van der Waals surface area contributed by atoms with Gasteiger partial charge in [0.2, 0.25) is 5.88 Å². The highest BCUT2D eigenvalue weighted by Crippen LogP contribution is 2.27. The third-order valence-electron chi connectivity index (χ3n) is 2.96. The molecule has 2 N–H and O–H groups in total. The Labute approximate surface area is 124 Å². The third-order valence-corrected chi connectivity index (χ3v) is 2.96. The van der Waals surface area contributed by atoms with E-state index in [1.807, 2.05) is 20.8 Å². The molecule has 0 unspecified atom stereocenters. The van der Waals surface area contributed by atoms with Crippen LogP contribution in [0.15, 0.2) is 24.3 Å². The maximum atomic E-state index is 11.7. The van der Waals surface area contributed by atoms with Crippen molar-refractivity contribution in [2.24, 2.45) is 0 Å². The molecule has 1 heterocycles. The van der Waals surface area contributed by atoms with Crippen LogP contribution in [0.3, 0.4) is 0 Å². The second-order valence-electron chi connectivity index (χ2n) is 5.27. The van der Waals surface area contributed by atoms with E-state index in [0.717, 1.165) is 5.69 Å². The minimum atomic E-state index is -0.104. The van der Waals surface area contributed by atoms with Gasteiger partial charge in [0.1, 0.15) is 11.6 Å². The number of nitrogens with two attached hydrogens (primary N) is 1. The maximum absolute atomic E-state index is 11.7. The van der Waals surface area contributed by atoms with Crippen molar-refractivity contribution in [2.45, 2.75) is 33.6 Å². The van der Waals surface area contributed by atoms with Crippen LogP contribution in [0.2, 0.25) is 0 Å². The molecule has 1 aromatic carbocycles. The molecule has 0 amide bonds. The average Bonchev–Trinajstić information content (AvgIpc) is 2.40. The molecule has 0 spiro atoms. The Morgan fingerprint density at radius 2 is 1.95 bits per heavy atom. The summed E-state index contributed by atoms with van der Waals surface area (Å²) >= 11 is 0. The molecule has 0 fully saturated rings. The number of carbonyl (C=O) groups excluding carboxylic acids is 1. The number of Topliss-reactive ketones (excluding diaryl/α,β-unsaturated/α-hetero) is 1. The minimum absolute atomic E-state index is 0.104. The van der Waals surface area contributed by atoms with Crippen molar-refractivity contribution in [1.82, 2.24) is 9.97 Å². The Bertz CT molecular complexity index is 681. The molecule has 0 bridgehead atoms. The van der Waals surface area contributed by atoms with E-state index < -0.39 is 0 Å². The molecule has 0 radical (unpaired) electrons. The van der Waals surface area contributed by atoms with E-state index in [-0.39, 0.29) is 11.7 Å². The molecule has 2 aromatic rings. The van der Waals surface area contributed by atoms with Gasteiger partial charge in [0.25, 0.3) is 0 Å². The van der Waals surface area contributed by atoms with Crippen LogP contribution in [0, 0.1) is 6.92 Å². The topological polar surface area (TPSA) is 78.1 Å². The predicted molar refractivity (Wildman–Crippen MR) is 81.8 cm³/mol. The lowest BCUT2D eigenvalue weighted by Crippen LogP contribution is -2.03. The van der Waals surface area contributed by atoms with Crippen molar-refractivity contribution in [3.8, 4) is 11.6 Å². The molecule has 5 nitrogen and oxygen atoms in total. The fourth-order valence-electron chi connectivity index (χ4n) is 1.90. The third kappa shape index (κ3) is 3.56. The van der Waals surface area contributed by atoms with E-state index in [2.05, 4.69) is 9.97 Å². The lowest BCUT2D eigenvalue weighted by atomic mass is 10.1. The van der Waals surface area contributed by atoms with Crippen molar-refractivity contribution < 1.29 is 9.53 Å². The number of benzene rings is 1. The number of anilines is 1. The summed E-state index contributed by atoms with van der Waals surface area (Å²) in [5, 5.41) is 0. The van der Waals surface area contributed by atoms with Gasteiger partial charge < -0.3 is 10.5 Å². The smallest absolute Gasteiger partial charge is 0.222 e. The van der Waals surface area contributed by atoms with Gasteiger partial charge in [-0.15, -0.1) is 0 Å². The van der Waals surface area contributed by atoms with Crippen molar-refractivity contribution in [2.75, 3.05) is 5.73 Å². The van der Waals surface area contributed by atoms with Gasteiger partial charge in [-0.05, 0) is 32.0 Å². The minimum Gasteiger partial charge on any atom is -0.438 e. The molecule has 0 aliphatic rings. The van der Waals surface area contributed by atoms with Gasteiger partial charge in [-0.25, -0.2) is 4.98 Å². The molecule has 0 aliphatic heterocycles. The first-order valence-corrected chi connectivity index (χ1v) is 6.80. The highest BCUT2D eigenvalue weighted by atomic mass is 16.5. The molecule has 2 rings (SSSR count). The van der Waals surface area contributed by atoms with Gasteiger partial charge in [-0.3, -0.25) is 4.79 Å². The van der Waals surface area contributed by atoms with E-state index >= 15 is 0 Å². The fraction of sp³-hybridized carbons (Fsp3) is 0.312. The van der Waals surface area contributed by atoms with E-state index in [1.54, 1.807) is 24.3 Å². The zero-order valence-corrected chi connectivity index (χ0v) is 12.7. The summed E-state index contributed by atoms with van der Waals surface area (Å²) < 4.78 is 5.77. The van der Waals surface area contributed by atoms with Crippen LogP contribution in [-0.2, 0) is 0 Å². The molecule has 0 aliphatic carbocycles. The molecule has 0 atom stereocenters. The van der Waals surface area contributed by atoms with Crippen LogP contribution in [-0.4, -0.2) is 15.8 Å². The number of rotatable bonds is 4. The fourth-order valence-corrected chi connectivity index (χ4v) is 1.90. The second-order valence-corrected chi connectivity index (χ2v) is 5.27.